The molecule has 0 radical (unpaired) electrons. The summed E-state index contributed by atoms with van der Waals surface area (Å²) in [5.74, 6) is 0.568. The van der Waals surface area contributed by atoms with Crippen LogP contribution in [-0.2, 0) is 13.0 Å². The van der Waals surface area contributed by atoms with Crippen molar-refractivity contribution in [2.45, 2.75) is 52.5 Å². The number of unbranched alkanes of at least 4 members (excludes halogenated alkanes) is 3. The number of nitrogens with two attached hydrogens (primary N) is 1. The fraction of sp³-hybridized carbons (Fsp3) is 0.643. The van der Waals surface area contributed by atoms with Gasteiger partial charge in [0.25, 0.3) is 0 Å². The van der Waals surface area contributed by atoms with E-state index in [0.29, 0.717) is 12.5 Å². The lowest BCUT2D eigenvalue weighted by Gasteiger charge is -2.04. The van der Waals surface area contributed by atoms with E-state index in [0.717, 1.165) is 13.0 Å². The second-order valence-corrected chi connectivity index (χ2v) is 5.66. The molecule has 19 heavy (non-hydrogen) atoms. The van der Waals surface area contributed by atoms with Crippen LogP contribution in [0.4, 0.5) is 0 Å². The Bertz CT molecular complexity index is 363. The fourth-order valence-electron chi connectivity index (χ4n) is 1.68. The van der Waals surface area contributed by atoms with E-state index in [9.17, 15) is 0 Å². The number of rotatable bonds is 8. The highest BCUT2D eigenvalue weighted by Crippen LogP contribution is 2.17. The molecule has 3 nitrogen and oxygen atoms in total. The van der Waals surface area contributed by atoms with Gasteiger partial charge in [-0.25, -0.2) is 4.99 Å². The molecular weight excluding hydrogens is 369 g/mol. The Morgan fingerprint density at radius 1 is 1.21 bits per heavy atom. The summed E-state index contributed by atoms with van der Waals surface area (Å²) in [4.78, 5) is 7.04. The number of aryl methyl sites for hydroxylation is 1. The number of aliphatic imine (C=N–C) groups is 1. The van der Waals surface area contributed by atoms with Crippen molar-refractivity contribution in [3.8, 4) is 0 Å². The topological polar surface area (TPSA) is 50.4 Å². The summed E-state index contributed by atoms with van der Waals surface area (Å²) in [6, 6.07) is 4.31. The molecule has 0 spiro atoms. The van der Waals surface area contributed by atoms with Crippen LogP contribution in [0.15, 0.2) is 17.1 Å². The van der Waals surface area contributed by atoms with Gasteiger partial charge in [-0.2, -0.15) is 0 Å². The number of nitrogens with zero attached hydrogens (tertiary/aromatic N) is 1. The largest absolute Gasteiger partial charge is 0.370 e. The predicted octanol–water partition coefficient (Wildman–Crippen LogP) is 3.91. The van der Waals surface area contributed by atoms with E-state index >= 15 is 0 Å². The van der Waals surface area contributed by atoms with Crippen LogP contribution in [-0.4, -0.2) is 12.5 Å². The fourth-order valence-corrected chi connectivity index (χ4v) is 2.57. The van der Waals surface area contributed by atoms with Crippen molar-refractivity contribution in [2.24, 2.45) is 10.7 Å². The van der Waals surface area contributed by atoms with Gasteiger partial charge in [-0.1, -0.05) is 33.1 Å². The standard InChI is InChI=1S/C14H25N3S.HI/c1-3-5-6-7-10-16-14(15)17-11-13-9-8-12(4-2)18-13;/h8-9H,3-7,10-11H2,1-2H3,(H3,15,16,17);1H. The molecule has 0 aliphatic heterocycles. The van der Waals surface area contributed by atoms with Crippen LogP contribution in [0, 0.1) is 0 Å². The SMILES string of the molecule is CCCCCCNC(N)=NCc1ccc(CC)s1.I. The van der Waals surface area contributed by atoms with E-state index in [2.05, 4.69) is 36.3 Å². The van der Waals surface area contributed by atoms with E-state index < -0.39 is 0 Å². The minimum Gasteiger partial charge on any atom is -0.370 e. The number of thiophene rings is 1. The molecule has 0 bridgehead atoms. The predicted molar refractivity (Wildman–Crippen MR) is 96.6 cm³/mol. The summed E-state index contributed by atoms with van der Waals surface area (Å²) in [6.45, 7) is 6.01. The monoisotopic (exact) mass is 395 g/mol. The average Bonchev–Trinajstić information content (AvgIpc) is 2.84. The number of halogens is 1. The first kappa shape index (κ1) is 18.7. The smallest absolute Gasteiger partial charge is 0.188 e. The third-order valence-corrected chi connectivity index (χ3v) is 4.02. The quantitative estimate of drug-likeness (QED) is 0.304. The van der Waals surface area contributed by atoms with Crippen LogP contribution in [0.25, 0.3) is 0 Å². The van der Waals surface area contributed by atoms with Crippen LogP contribution in [0.2, 0.25) is 0 Å². The Kier molecular flexibility index (Phi) is 11.3. The molecule has 1 heterocycles. The van der Waals surface area contributed by atoms with E-state index in [-0.39, 0.29) is 24.0 Å². The highest BCUT2D eigenvalue weighted by molar-refractivity contribution is 14.0. The molecule has 1 aromatic heterocycles. The number of hydrogen-bond acceptors (Lipinski definition) is 2. The van der Waals surface area contributed by atoms with Gasteiger partial charge < -0.3 is 11.1 Å². The molecule has 5 heteroatoms. The maximum absolute atomic E-state index is 5.82. The summed E-state index contributed by atoms with van der Waals surface area (Å²) in [5, 5.41) is 3.16. The Morgan fingerprint density at radius 3 is 2.58 bits per heavy atom. The minimum absolute atomic E-state index is 0. The van der Waals surface area contributed by atoms with Gasteiger partial charge in [0.2, 0.25) is 0 Å². The van der Waals surface area contributed by atoms with Gasteiger partial charge in [0, 0.05) is 16.3 Å². The van der Waals surface area contributed by atoms with Crippen molar-refractivity contribution in [3.63, 3.8) is 0 Å². The van der Waals surface area contributed by atoms with Crippen molar-refractivity contribution in [1.82, 2.24) is 5.32 Å². The van der Waals surface area contributed by atoms with Crippen LogP contribution in [0.3, 0.4) is 0 Å². The second kappa shape index (κ2) is 11.5. The first-order chi connectivity index (χ1) is 8.76. The molecule has 0 saturated carbocycles. The zero-order valence-electron chi connectivity index (χ0n) is 11.9. The van der Waals surface area contributed by atoms with Gasteiger partial charge in [-0.3, -0.25) is 0 Å². The Balaban J connectivity index is 0.00000324. The lowest BCUT2D eigenvalue weighted by Crippen LogP contribution is -2.32. The van der Waals surface area contributed by atoms with Crippen molar-refractivity contribution >= 4 is 41.3 Å². The summed E-state index contributed by atoms with van der Waals surface area (Å²) in [7, 11) is 0. The van der Waals surface area contributed by atoms with Crippen LogP contribution in [0.5, 0.6) is 0 Å². The molecule has 0 unspecified atom stereocenters. The Hall–Kier alpha value is -0.300. The molecule has 0 atom stereocenters. The van der Waals surface area contributed by atoms with Gasteiger partial charge in [0.1, 0.15) is 0 Å². The molecular formula is C14H26IN3S. The van der Waals surface area contributed by atoms with Crippen LogP contribution >= 0.6 is 35.3 Å². The highest BCUT2D eigenvalue weighted by atomic mass is 127. The van der Waals surface area contributed by atoms with Gasteiger partial charge in [0.05, 0.1) is 6.54 Å². The molecule has 1 aromatic rings. The maximum atomic E-state index is 5.82. The third-order valence-electron chi connectivity index (χ3n) is 2.81. The average molecular weight is 395 g/mol. The van der Waals surface area contributed by atoms with Gasteiger partial charge in [-0.15, -0.1) is 35.3 Å². The molecule has 1 rings (SSSR count). The second-order valence-electron chi connectivity index (χ2n) is 4.41. The van der Waals surface area contributed by atoms with Crippen LogP contribution < -0.4 is 11.1 Å². The van der Waals surface area contributed by atoms with Crippen molar-refractivity contribution in [2.75, 3.05) is 6.54 Å². The molecule has 0 aliphatic rings. The summed E-state index contributed by atoms with van der Waals surface area (Å²) >= 11 is 1.82. The molecule has 0 saturated heterocycles. The van der Waals surface area contributed by atoms with E-state index in [1.54, 1.807) is 0 Å². The lowest BCUT2D eigenvalue weighted by molar-refractivity contribution is 0.652. The molecule has 0 amide bonds. The Morgan fingerprint density at radius 2 is 1.95 bits per heavy atom. The molecule has 0 fully saturated rings. The first-order valence-corrected chi connectivity index (χ1v) is 7.69. The van der Waals surface area contributed by atoms with Gasteiger partial charge in [0.15, 0.2) is 5.96 Å². The zero-order valence-corrected chi connectivity index (χ0v) is 15.1. The van der Waals surface area contributed by atoms with Crippen LogP contribution in [0.1, 0.15) is 49.3 Å². The number of hydrogen-bond donors (Lipinski definition) is 2. The zero-order chi connectivity index (χ0) is 13.2. The van der Waals surface area contributed by atoms with Crippen molar-refractivity contribution in [3.05, 3.63) is 21.9 Å². The molecule has 3 N–H and O–H groups in total. The van der Waals surface area contributed by atoms with Gasteiger partial charge >= 0.3 is 0 Å². The van der Waals surface area contributed by atoms with E-state index in [1.165, 1.54) is 35.4 Å². The van der Waals surface area contributed by atoms with E-state index in [4.69, 9.17) is 5.73 Å². The van der Waals surface area contributed by atoms with Gasteiger partial charge in [-0.05, 0) is 25.0 Å². The minimum atomic E-state index is 0. The lowest BCUT2D eigenvalue weighted by atomic mass is 10.2. The highest BCUT2D eigenvalue weighted by Gasteiger charge is 1.98. The number of nitrogens with one attached hydrogen (secondary N) is 1. The van der Waals surface area contributed by atoms with Crippen molar-refractivity contribution in [1.29, 1.82) is 0 Å². The van der Waals surface area contributed by atoms with E-state index in [1.807, 2.05) is 11.3 Å². The molecule has 110 valence electrons. The Labute approximate surface area is 138 Å². The van der Waals surface area contributed by atoms with Crippen molar-refractivity contribution < 1.29 is 0 Å². The maximum Gasteiger partial charge on any atom is 0.188 e. The third kappa shape index (κ3) is 8.47. The first-order valence-electron chi connectivity index (χ1n) is 6.87. The normalized spacial score (nSPS) is 11.2. The molecule has 0 aliphatic carbocycles. The summed E-state index contributed by atoms with van der Waals surface area (Å²) < 4.78 is 0. The summed E-state index contributed by atoms with van der Waals surface area (Å²) in [5.41, 5.74) is 5.82. The molecule has 0 aromatic carbocycles. The number of guanidine groups is 1. The summed E-state index contributed by atoms with van der Waals surface area (Å²) in [6.07, 6.45) is 6.10.